The third-order valence-electron chi connectivity index (χ3n) is 1.60. The van der Waals surface area contributed by atoms with Gasteiger partial charge in [0, 0.05) is 5.69 Å². The Hall–Kier alpha value is -1.39. The molecule has 1 aromatic rings. The van der Waals surface area contributed by atoms with Crippen LogP contribution < -0.4 is 10.5 Å². The van der Waals surface area contributed by atoms with Gasteiger partial charge in [0.15, 0.2) is 11.6 Å². The van der Waals surface area contributed by atoms with Gasteiger partial charge in [-0.1, -0.05) is 0 Å². The van der Waals surface area contributed by atoms with Gasteiger partial charge in [-0.25, -0.2) is 13.8 Å². The molecular formula is C8H10F2N2O. The van der Waals surface area contributed by atoms with E-state index in [1.807, 2.05) is 0 Å². The highest BCUT2D eigenvalue weighted by molar-refractivity contribution is 5.52. The molecule has 13 heavy (non-hydrogen) atoms. The van der Waals surface area contributed by atoms with Gasteiger partial charge in [-0.15, -0.1) is 0 Å². The van der Waals surface area contributed by atoms with Crippen LogP contribution in [0.2, 0.25) is 0 Å². The molecule has 0 aliphatic rings. The molecule has 0 atom stereocenters. The lowest BCUT2D eigenvalue weighted by Gasteiger charge is -2.10. The zero-order chi connectivity index (χ0) is 10.0. The molecule has 0 radical (unpaired) electrons. The van der Waals surface area contributed by atoms with Crippen molar-refractivity contribution < 1.29 is 13.5 Å². The van der Waals surface area contributed by atoms with E-state index in [2.05, 4.69) is 4.98 Å². The monoisotopic (exact) mass is 188 g/mol. The summed E-state index contributed by atoms with van der Waals surface area (Å²) in [7, 11) is 1.29. The molecule has 0 bridgehead atoms. The topological polar surface area (TPSA) is 48.1 Å². The molecule has 0 saturated carbocycles. The lowest BCUT2D eigenvalue weighted by molar-refractivity contribution is 0.147. The summed E-state index contributed by atoms with van der Waals surface area (Å²) in [4.78, 5) is 3.81. The quantitative estimate of drug-likeness (QED) is 0.771. The Kier molecular flexibility index (Phi) is 2.65. The minimum absolute atomic E-state index is 0.00204. The first-order chi connectivity index (χ1) is 6.06. The molecule has 0 saturated heterocycles. The Morgan fingerprint density at radius 3 is 2.62 bits per heavy atom. The fraction of sp³-hybridized carbons (Fsp3) is 0.375. The molecule has 0 unspecified atom stereocenters. The van der Waals surface area contributed by atoms with E-state index in [0.717, 1.165) is 0 Å². The Morgan fingerprint density at radius 1 is 1.54 bits per heavy atom. The number of aryl methyl sites for hydroxylation is 1. The number of hydrogen-bond acceptors (Lipinski definition) is 3. The summed E-state index contributed by atoms with van der Waals surface area (Å²) < 4.78 is 29.5. The smallest absolute Gasteiger partial charge is 0.267 e. The van der Waals surface area contributed by atoms with Crippen LogP contribution in [0.4, 0.5) is 14.6 Å². The summed E-state index contributed by atoms with van der Waals surface area (Å²) in [5, 5.41) is 0. The Labute approximate surface area is 74.5 Å². The Balaban J connectivity index is 3.29. The molecule has 0 aromatic carbocycles. The second-order valence-electron chi connectivity index (χ2n) is 2.57. The van der Waals surface area contributed by atoms with Crippen molar-refractivity contribution in [3.05, 3.63) is 17.3 Å². The van der Waals surface area contributed by atoms with Crippen LogP contribution in [0.3, 0.4) is 0 Å². The van der Waals surface area contributed by atoms with Crippen molar-refractivity contribution in [2.24, 2.45) is 0 Å². The van der Waals surface area contributed by atoms with Crippen LogP contribution in [0.25, 0.3) is 0 Å². The first-order valence-corrected chi connectivity index (χ1v) is 3.65. The van der Waals surface area contributed by atoms with E-state index < -0.39 is 6.43 Å². The predicted octanol–water partition coefficient (Wildman–Crippen LogP) is 1.92. The van der Waals surface area contributed by atoms with Crippen molar-refractivity contribution in [1.29, 1.82) is 0 Å². The van der Waals surface area contributed by atoms with Gasteiger partial charge in [-0.3, -0.25) is 0 Å². The maximum Gasteiger partial charge on any atom is 0.267 e. The summed E-state index contributed by atoms with van der Waals surface area (Å²) in [6, 6.07) is 1.26. The lowest BCUT2D eigenvalue weighted by atomic mass is 10.2. The first kappa shape index (κ1) is 9.70. The number of rotatable bonds is 2. The Bertz CT molecular complexity index is 315. The van der Waals surface area contributed by atoms with Gasteiger partial charge in [0.1, 0.15) is 0 Å². The molecule has 1 rings (SSSR count). The highest BCUT2D eigenvalue weighted by Gasteiger charge is 2.17. The summed E-state index contributed by atoms with van der Waals surface area (Å²) in [6.07, 6.45) is -2.60. The van der Waals surface area contributed by atoms with Gasteiger partial charge in [-0.2, -0.15) is 0 Å². The minimum atomic E-state index is -2.60. The van der Waals surface area contributed by atoms with Gasteiger partial charge in [0.2, 0.25) is 0 Å². The van der Waals surface area contributed by atoms with Crippen LogP contribution in [-0.2, 0) is 0 Å². The summed E-state index contributed by atoms with van der Waals surface area (Å²) >= 11 is 0. The number of ether oxygens (including phenoxy) is 1. The molecule has 1 heterocycles. The van der Waals surface area contributed by atoms with E-state index in [4.69, 9.17) is 10.5 Å². The molecular weight excluding hydrogens is 178 g/mol. The number of aromatic nitrogens is 1. The van der Waals surface area contributed by atoms with Crippen LogP contribution in [0.5, 0.6) is 5.75 Å². The number of methoxy groups -OCH3 is 1. The fourth-order valence-electron chi connectivity index (χ4n) is 1.10. The maximum absolute atomic E-state index is 12.4. The van der Waals surface area contributed by atoms with Crippen molar-refractivity contribution >= 4 is 5.82 Å². The van der Waals surface area contributed by atoms with Crippen LogP contribution in [0, 0.1) is 6.92 Å². The van der Waals surface area contributed by atoms with Gasteiger partial charge in [0.05, 0.1) is 12.7 Å². The molecule has 0 amide bonds. The minimum Gasteiger partial charge on any atom is -0.492 e. The number of alkyl halides is 2. The van der Waals surface area contributed by atoms with Gasteiger partial charge in [0.25, 0.3) is 6.43 Å². The van der Waals surface area contributed by atoms with E-state index in [9.17, 15) is 8.78 Å². The average molecular weight is 188 g/mol. The second-order valence-corrected chi connectivity index (χ2v) is 2.57. The summed E-state index contributed by atoms with van der Waals surface area (Å²) in [6.45, 7) is 1.60. The van der Waals surface area contributed by atoms with E-state index in [0.29, 0.717) is 5.69 Å². The normalized spacial score (nSPS) is 10.5. The SMILES string of the molecule is COc1c(C(F)F)cc(C)nc1N. The molecule has 0 spiro atoms. The third kappa shape index (κ3) is 1.85. The van der Waals surface area contributed by atoms with Crippen LogP contribution in [0.15, 0.2) is 6.07 Å². The largest absolute Gasteiger partial charge is 0.492 e. The molecule has 1 aromatic heterocycles. The zero-order valence-electron chi connectivity index (χ0n) is 7.34. The number of hydrogen-bond donors (Lipinski definition) is 1. The summed E-state index contributed by atoms with van der Waals surface area (Å²) in [5.74, 6) is -0.0431. The van der Waals surface area contributed by atoms with Crippen LogP contribution in [-0.4, -0.2) is 12.1 Å². The molecule has 72 valence electrons. The molecule has 0 fully saturated rings. The fourth-order valence-corrected chi connectivity index (χ4v) is 1.10. The molecule has 3 nitrogen and oxygen atoms in total. The van der Waals surface area contributed by atoms with E-state index in [1.54, 1.807) is 6.92 Å². The number of pyridine rings is 1. The predicted molar refractivity (Wildman–Crippen MR) is 44.9 cm³/mol. The highest BCUT2D eigenvalue weighted by Crippen LogP contribution is 2.32. The average Bonchev–Trinajstić information content (AvgIpc) is 2.02. The van der Waals surface area contributed by atoms with Crippen LogP contribution in [0.1, 0.15) is 17.7 Å². The maximum atomic E-state index is 12.4. The number of nitrogens with two attached hydrogens (primary N) is 1. The summed E-state index contributed by atoms with van der Waals surface area (Å²) in [5.41, 5.74) is 5.64. The van der Waals surface area contributed by atoms with E-state index >= 15 is 0 Å². The number of nitrogen functional groups attached to an aromatic ring is 1. The molecule has 5 heteroatoms. The van der Waals surface area contributed by atoms with Crippen molar-refractivity contribution in [3.63, 3.8) is 0 Å². The number of anilines is 1. The zero-order valence-corrected chi connectivity index (χ0v) is 7.34. The van der Waals surface area contributed by atoms with Gasteiger partial charge < -0.3 is 10.5 Å². The molecule has 0 aliphatic carbocycles. The molecule has 0 aliphatic heterocycles. The first-order valence-electron chi connectivity index (χ1n) is 3.65. The second kappa shape index (κ2) is 3.55. The standard InChI is InChI=1S/C8H10F2N2O/c1-4-3-5(7(9)10)6(13-2)8(11)12-4/h3,7H,1-2H3,(H2,11,12). The van der Waals surface area contributed by atoms with Gasteiger partial charge in [-0.05, 0) is 13.0 Å². The third-order valence-corrected chi connectivity index (χ3v) is 1.60. The van der Waals surface area contributed by atoms with Crippen molar-refractivity contribution in [2.45, 2.75) is 13.3 Å². The molecule has 2 N–H and O–H groups in total. The van der Waals surface area contributed by atoms with E-state index in [1.165, 1.54) is 13.2 Å². The van der Waals surface area contributed by atoms with Crippen molar-refractivity contribution in [1.82, 2.24) is 4.98 Å². The number of halogens is 2. The lowest BCUT2D eigenvalue weighted by Crippen LogP contribution is -2.02. The van der Waals surface area contributed by atoms with Crippen LogP contribution >= 0.6 is 0 Å². The number of nitrogens with zero attached hydrogens (tertiary/aromatic N) is 1. The van der Waals surface area contributed by atoms with E-state index in [-0.39, 0.29) is 17.1 Å². The Morgan fingerprint density at radius 2 is 2.15 bits per heavy atom. The van der Waals surface area contributed by atoms with Gasteiger partial charge >= 0.3 is 0 Å². The highest BCUT2D eigenvalue weighted by atomic mass is 19.3. The van der Waals surface area contributed by atoms with Crippen molar-refractivity contribution in [2.75, 3.05) is 12.8 Å². The van der Waals surface area contributed by atoms with Crippen molar-refractivity contribution in [3.8, 4) is 5.75 Å².